The second-order valence-electron chi connectivity index (χ2n) is 7.05. The first-order valence-electron chi connectivity index (χ1n) is 8.92. The summed E-state index contributed by atoms with van der Waals surface area (Å²) in [6.07, 6.45) is 5.33. The van der Waals surface area contributed by atoms with Gasteiger partial charge in [-0.05, 0) is 44.1 Å². The number of carbonyl (C=O) groups is 1. The van der Waals surface area contributed by atoms with E-state index in [-0.39, 0.29) is 11.3 Å². The van der Waals surface area contributed by atoms with Gasteiger partial charge < -0.3 is 19.7 Å². The van der Waals surface area contributed by atoms with Crippen LogP contribution in [0.2, 0.25) is 0 Å². The van der Waals surface area contributed by atoms with Crippen molar-refractivity contribution in [1.82, 2.24) is 15.3 Å². The molecule has 0 bridgehead atoms. The summed E-state index contributed by atoms with van der Waals surface area (Å²) in [5.74, 6) is 0.104. The van der Waals surface area contributed by atoms with Crippen LogP contribution in [0, 0.1) is 11.2 Å². The number of benzene rings is 1. The molecule has 2 fully saturated rings. The van der Waals surface area contributed by atoms with E-state index in [0.717, 1.165) is 45.1 Å². The highest BCUT2D eigenvalue weighted by atomic mass is 19.1. The van der Waals surface area contributed by atoms with Crippen LogP contribution in [0.5, 0.6) is 11.5 Å². The maximum Gasteiger partial charge on any atom is 0.341 e. The van der Waals surface area contributed by atoms with Crippen LogP contribution >= 0.6 is 0 Å². The topological polar surface area (TPSA) is 76.6 Å². The Kier molecular flexibility index (Phi) is 4.65. The van der Waals surface area contributed by atoms with Crippen LogP contribution in [0.25, 0.3) is 0 Å². The van der Waals surface area contributed by atoms with E-state index in [1.807, 2.05) is 0 Å². The van der Waals surface area contributed by atoms with Crippen LogP contribution in [0.3, 0.4) is 0 Å². The molecule has 0 atom stereocenters. The first-order chi connectivity index (χ1) is 13.1. The average Bonchev–Trinajstić information content (AvgIpc) is 2.68. The van der Waals surface area contributed by atoms with Gasteiger partial charge in [0.15, 0.2) is 11.6 Å². The molecule has 142 valence electrons. The number of aromatic nitrogens is 2. The van der Waals surface area contributed by atoms with Crippen LogP contribution in [-0.2, 0) is 4.74 Å². The third-order valence-electron chi connectivity index (χ3n) is 5.24. The van der Waals surface area contributed by atoms with E-state index in [2.05, 4.69) is 20.2 Å². The number of piperidine rings is 1. The number of anilines is 1. The quantitative estimate of drug-likeness (QED) is 0.826. The molecule has 1 spiro atoms. The molecule has 2 aliphatic heterocycles. The molecule has 1 N–H and O–H groups in total. The van der Waals surface area contributed by atoms with Crippen LogP contribution in [0.1, 0.15) is 23.2 Å². The Balaban J connectivity index is 1.57. The second-order valence-corrected chi connectivity index (χ2v) is 7.05. The van der Waals surface area contributed by atoms with Gasteiger partial charge in [0.05, 0.1) is 13.3 Å². The zero-order valence-electron chi connectivity index (χ0n) is 15.1. The predicted molar refractivity (Wildman–Crippen MR) is 96.6 cm³/mol. The summed E-state index contributed by atoms with van der Waals surface area (Å²) in [5.41, 5.74) is 0.353. The lowest BCUT2D eigenvalue weighted by Gasteiger charge is -2.53. The Morgan fingerprint density at radius 2 is 2.04 bits per heavy atom. The second kappa shape index (κ2) is 7.11. The fourth-order valence-corrected chi connectivity index (χ4v) is 3.79. The standard InChI is InChI=1S/C19H21FN4O3/c1-26-18(25)14-8-13(20)2-3-15(14)27-16-9-22-12-23-17(16)24-10-19(11-24)4-6-21-7-5-19/h2-3,8-9,12,21H,4-7,10-11H2,1H3. The van der Waals surface area contributed by atoms with Gasteiger partial charge in [-0.3, -0.25) is 0 Å². The number of esters is 1. The van der Waals surface area contributed by atoms with Crippen LogP contribution in [0.4, 0.5) is 10.2 Å². The van der Waals surface area contributed by atoms with Crippen molar-refractivity contribution < 1.29 is 18.7 Å². The minimum absolute atomic E-state index is 0.0192. The van der Waals surface area contributed by atoms with Gasteiger partial charge in [-0.25, -0.2) is 19.2 Å². The molecule has 2 saturated heterocycles. The predicted octanol–water partition coefficient (Wildman–Crippen LogP) is 2.38. The molecule has 0 radical (unpaired) electrons. The first-order valence-corrected chi connectivity index (χ1v) is 8.92. The number of halogens is 1. The Labute approximate surface area is 156 Å². The van der Waals surface area contributed by atoms with Crippen molar-refractivity contribution in [2.45, 2.75) is 12.8 Å². The zero-order chi connectivity index (χ0) is 18.9. The SMILES string of the molecule is COC(=O)c1cc(F)ccc1Oc1cncnc1N1CC2(CCNCC2)C1. The van der Waals surface area contributed by atoms with Crippen LogP contribution in [-0.4, -0.2) is 49.2 Å². The molecule has 27 heavy (non-hydrogen) atoms. The number of nitrogens with one attached hydrogen (secondary N) is 1. The number of rotatable bonds is 4. The highest BCUT2D eigenvalue weighted by Crippen LogP contribution is 2.43. The molecule has 4 rings (SSSR count). The summed E-state index contributed by atoms with van der Waals surface area (Å²) < 4.78 is 24.2. The molecule has 0 unspecified atom stereocenters. The van der Waals surface area contributed by atoms with Crippen LogP contribution in [0.15, 0.2) is 30.7 Å². The molecule has 0 aliphatic carbocycles. The molecule has 8 heteroatoms. The van der Waals surface area contributed by atoms with Crippen LogP contribution < -0.4 is 15.0 Å². The third-order valence-corrected chi connectivity index (χ3v) is 5.24. The lowest BCUT2D eigenvalue weighted by atomic mass is 9.72. The van der Waals surface area contributed by atoms with Crippen molar-refractivity contribution >= 4 is 11.8 Å². The van der Waals surface area contributed by atoms with Gasteiger partial charge >= 0.3 is 5.97 Å². The Hall–Kier alpha value is -2.74. The summed E-state index contributed by atoms with van der Waals surface area (Å²) in [7, 11) is 1.24. The maximum atomic E-state index is 13.6. The smallest absolute Gasteiger partial charge is 0.341 e. The summed E-state index contributed by atoms with van der Waals surface area (Å²) >= 11 is 0. The van der Waals surface area contributed by atoms with Gasteiger partial charge in [0.1, 0.15) is 23.5 Å². The Morgan fingerprint density at radius 1 is 1.26 bits per heavy atom. The molecule has 0 amide bonds. The highest BCUT2D eigenvalue weighted by molar-refractivity contribution is 5.92. The van der Waals surface area contributed by atoms with Gasteiger partial charge in [0, 0.05) is 18.5 Å². The molecule has 3 heterocycles. The van der Waals surface area contributed by atoms with E-state index in [4.69, 9.17) is 9.47 Å². The largest absolute Gasteiger partial charge is 0.465 e. The van der Waals surface area contributed by atoms with Crippen molar-refractivity contribution in [1.29, 1.82) is 0 Å². The number of methoxy groups -OCH3 is 1. The lowest BCUT2D eigenvalue weighted by Crippen LogP contribution is -2.60. The van der Waals surface area contributed by atoms with E-state index in [1.165, 1.54) is 25.6 Å². The van der Waals surface area contributed by atoms with E-state index in [9.17, 15) is 9.18 Å². The van der Waals surface area contributed by atoms with Crippen molar-refractivity contribution in [3.05, 3.63) is 42.1 Å². The first kappa shape index (κ1) is 17.7. The van der Waals surface area contributed by atoms with Gasteiger partial charge in [-0.15, -0.1) is 0 Å². The van der Waals surface area contributed by atoms with Gasteiger partial charge in [0.25, 0.3) is 0 Å². The summed E-state index contributed by atoms with van der Waals surface area (Å²) in [5, 5.41) is 3.39. The molecule has 1 aromatic heterocycles. The molecular formula is C19H21FN4O3. The minimum Gasteiger partial charge on any atom is -0.465 e. The Bertz CT molecular complexity index is 847. The van der Waals surface area contributed by atoms with E-state index >= 15 is 0 Å². The maximum absolute atomic E-state index is 13.6. The number of nitrogens with zero attached hydrogens (tertiary/aromatic N) is 3. The number of carbonyl (C=O) groups excluding carboxylic acids is 1. The highest BCUT2D eigenvalue weighted by Gasteiger charge is 2.44. The fourth-order valence-electron chi connectivity index (χ4n) is 3.79. The van der Waals surface area contributed by atoms with Gasteiger partial charge in [-0.2, -0.15) is 0 Å². The third kappa shape index (κ3) is 3.44. The van der Waals surface area contributed by atoms with Crippen molar-refractivity contribution in [3.63, 3.8) is 0 Å². The fraction of sp³-hybridized carbons (Fsp3) is 0.421. The monoisotopic (exact) mass is 372 g/mol. The normalized spacial score (nSPS) is 18.1. The summed E-state index contributed by atoms with van der Waals surface area (Å²) in [6.45, 7) is 3.91. The number of ether oxygens (including phenoxy) is 2. The van der Waals surface area contributed by atoms with Crippen molar-refractivity contribution in [2.24, 2.45) is 5.41 Å². The average molecular weight is 372 g/mol. The lowest BCUT2D eigenvalue weighted by molar-refractivity contribution is 0.0597. The summed E-state index contributed by atoms with van der Waals surface area (Å²) in [6, 6.07) is 3.74. The molecule has 2 aliphatic rings. The van der Waals surface area contributed by atoms with Crippen molar-refractivity contribution in [2.75, 3.05) is 38.2 Å². The molecular weight excluding hydrogens is 351 g/mol. The molecule has 0 saturated carbocycles. The van der Waals surface area contributed by atoms with E-state index in [0.29, 0.717) is 17.0 Å². The van der Waals surface area contributed by atoms with E-state index in [1.54, 1.807) is 6.20 Å². The van der Waals surface area contributed by atoms with Crippen molar-refractivity contribution in [3.8, 4) is 11.5 Å². The summed E-state index contributed by atoms with van der Waals surface area (Å²) in [4.78, 5) is 22.5. The van der Waals surface area contributed by atoms with E-state index < -0.39 is 11.8 Å². The molecule has 2 aromatic rings. The number of hydrogen-bond donors (Lipinski definition) is 1. The number of hydrogen-bond acceptors (Lipinski definition) is 7. The molecule has 1 aromatic carbocycles. The molecule has 7 nitrogen and oxygen atoms in total. The Morgan fingerprint density at radius 3 is 2.78 bits per heavy atom. The van der Waals surface area contributed by atoms with Gasteiger partial charge in [0.2, 0.25) is 0 Å². The van der Waals surface area contributed by atoms with Gasteiger partial charge in [-0.1, -0.05) is 0 Å². The zero-order valence-corrected chi connectivity index (χ0v) is 15.1. The minimum atomic E-state index is -0.666.